The molecule has 1 aromatic carbocycles. The van der Waals surface area contributed by atoms with Crippen molar-refractivity contribution in [3.05, 3.63) is 47.8 Å². The molecule has 0 fully saturated rings. The minimum absolute atomic E-state index is 0.0725. The van der Waals surface area contributed by atoms with Crippen LogP contribution in [0.5, 0.6) is 0 Å². The van der Waals surface area contributed by atoms with Crippen molar-refractivity contribution in [2.75, 3.05) is 5.32 Å². The lowest BCUT2D eigenvalue weighted by atomic mass is 10.1. The molecule has 0 spiro atoms. The van der Waals surface area contributed by atoms with E-state index in [2.05, 4.69) is 15.7 Å². The Bertz CT molecular complexity index is 652. The van der Waals surface area contributed by atoms with Gasteiger partial charge in [0.1, 0.15) is 0 Å². The van der Waals surface area contributed by atoms with Gasteiger partial charge in [0, 0.05) is 24.8 Å². The Kier molecular flexibility index (Phi) is 5.02. The fraction of sp³-hybridized carbons (Fsp3) is 0.286. The first-order valence-electron chi connectivity index (χ1n) is 6.62. The zero-order chi connectivity index (χ0) is 16.2. The van der Waals surface area contributed by atoms with Gasteiger partial charge in [-0.15, -0.1) is 0 Å². The molecule has 2 N–H and O–H groups in total. The van der Waals surface area contributed by atoms with Gasteiger partial charge in [-0.3, -0.25) is 4.68 Å². The maximum absolute atomic E-state index is 12.9. The standard InChI is InChI=1S/C14H15F3N4S/c1-2-21-9-10(8-19-21)7-18-13(22)20-12-6-4-3-5-11(12)14(15,16)17/h3-6,8-9H,2,7H2,1H3,(H2,18,20,22). The molecule has 2 aromatic rings. The van der Waals surface area contributed by atoms with Gasteiger partial charge in [0.25, 0.3) is 0 Å². The Morgan fingerprint density at radius 2 is 2.05 bits per heavy atom. The predicted molar refractivity (Wildman–Crippen MR) is 82.4 cm³/mol. The summed E-state index contributed by atoms with van der Waals surface area (Å²) in [5, 5.41) is 9.68. The Morgan fingerprint density at radius 3 is 2.68 bits per heavy atom. The van der Waals surface area contributed by atoms with Gasteiger partial charge in [-0.2, -0.15) is 18.3 Å². The van der Waals surface area contributed by atoms with Crippen molar-refractivity contribution < 1.29 is 13.2 Å². The predicted octanol–water partition coefficient (Wildman–Crippen LogP) is 3.41. The zero-order valence-corrected chi connectivity index (χ0v) is 12.6. The number of hydrogen-bond donors (Lipinski definition) is 2. The van der Waals surface area contributed by atoms with Crippen molar-refractivity contribution in [3.63, 3.8) is 0 Å². The van der Waals surface area contributed by atoms with E-state index in [1.54, 1.807) is 10.9 Å². The van der Waals surface area contributed by atoms with Crippen LogP contribution in [0.3, 0.4) is 0 Å². The summed E-state index contributed by atoms with van der Waals surface area (Å²) in [5.41, 5.74) is 0.0739. The molecule has 0 saturated heterocycles. The molecule has 8 heteroatoms. The summed E-state index contributed by atoms with van der Waals surface area (Å²) in [5.74, 6) is 0. The van der Waals surface area contributed by atoms with Crippen LogP contribution in [0.1, 0.15) is 18.1 Å². The van der Waals surface area contributed by atoms with Crippen LogP contribution >= 0.6 is 12.2 Å². The lowest BCUT2D eigenvalue weighted by Gasteiger charge is -2.15. The van der Waals surface area contributed by atoms with E-state index in [-0.39, 0.29) is 10.8 Å². The quantitative estimate of drug-likeness (QED) is 0.844. The maximum atomic E-state index is 12.9. The Morgan fingerprint density at radius 1 is 1.32 bits per heavy atom. The average molecular weight is 328 g/mol. The largest absolute Gasteiger partial charge is 0.418 e. The second-order valence-electron chi connectivity index (χ2n) is 4.56. The maximum Gasteiger partial charge on any atom is 0.418 e. The fourth-order valence-electron chi connectivity index (χ4n) is 1.86. The fourth-order valence-corrected chi connectivity index (χ4v) is 2.04. The van der Waals surface area contributed by atoms with Crippen molar-refractivity contribution in [2.24, 2.45) is 0 Å². The number of halogens is 3. The van der Waals surface area contributed by atoms with E-state index in [4.69, 9.17) is 12.2 Å². The van der Waals surface area contributed by atoms with Crippen LogP contribution < -0.4 is 10.6 Å². The summed E-state index contributed by atoms with van der Waals surface area (Å²) in [6, 6.07) is 5.21. The van der Waals surface area contributed by atoms with Crippen LogP contribution in [0.4, 0.5) is 18.9 Å². The Labute approximate surface area is 131 Å². The molecular formula is C14H15F3N4S. The van der Waals surface area contributed by atoms with Crippen LogP contribution in [-0.2, 0) is 19.3 Å². The normalized spacial score (nSPS) is 11.3. The average Bonchev–Trinajstić information content (AvgIpc) is 2.92. The van der Waals surface area contributed by atoms with E-state index < -0.39 is 11.7 Å². The molecular weight excluding hydrogens is 313 g/mol. The third kappa shape index (κ3) is 4.20. The number of aryl methyl sites for hydroxylation is 1. The van der Waals surface area contributed by atoms with Crippen LogP contribution in [0.15, 0.2) is 36.7 Å². The summed E-state index contributed by atoms with van der Waals surface area (Å²) >= 11 is 5.04. The van der Waals surface area contributed by atoms with E-state index in [1.165, 1.54) is 18.2 Å². The summed E-state index contributed by atoms with van der Waals surface area (Å²) in [4.78, 5) is 0. The highest BCUT2D eigenvalue weighted by Crippen LogP contribution is 2.34. The van der Waals surface area contributed by atoms with Crippen LogP contribution in [0.2, 0.25) is 0 Å². The number of hydrogen-bond acceptors (Lipinski definition) is 2. The molecule has 1 aromatic heterocycles. The second kappa shape index (κ2) is 6.78. The van der Waals surface area contributed by atoms with Gasteiger partial charge < -0.3 is 10.6 Å². The first kappa shape index (κ1) is 16.3. The molecule has 22 heavy (non-hydrogen) atoms. The summed E-state index contributed by atoms with van der Waals surface area (Å²) in [6.45, 7) is 3.10. The van der Waals surface area contributed by atoms with Crippen molar-refractivity contribution in [2.45, 2.75) is 26.2 Å². The molecule has 2 rings (SSSR count). The second-order valence-corrected chi connectivity index (χ2v) is 4.96. The molecule has 4 nitrogen and oxygen atoms in total. The van der Waals surface area contributed by atoms with Gasteiger partial charge in [-0.05, 0) is 31.3 Å². The number of rotatable bonds is 4. The smallest absolute Gasteiger partial charge is 0.358 e. The van der Waals surface area contributed by atoms with Crippen molar-refractivity contribution in [3.8, 4) is 0 Å². The van der Waals surface area contributed by atoms with Crippen LogP contribution in [-0.4, -0.2) is 14.9 Å². The van der Waals surface area contributed by atoms with Crippen molar-refractivity contribution in [1.82, 2.24) is 15.1 Å². The number of para-hydroxylation sites is 1. The van der Waals surface area contributed by atoms with E-state index in [9.17, 15) is 13.2 Å². The van der Waals surface area contributed by atoms with Gasteiger partial charge in [-0.25, -0.2) is 0 Å². The number of aromatic nitrogens is 2. The molecule has 0 aliphatic carbocycles. The van der Waals surface area contributed by atoms with E-state index in [0.717, 1.165) is 18.2 Å². The molecule has 1 heterocycles. The summed E-state index contributed by atoms with van der Waals surface area (Å²) in [7, 11) is 0. The molecule has 0 unspecified atom stereocenters. The number of nitrogens with zero attached hydrogens (tertiary/aromatic N) is 2. The number of benzene rings is 1. The van der Waals surface area contributed by atoms with Crippen molar-refractivity contribution in [1.29, 1.82) is 0 Å². The lowest BCUT2D eigenvalue weighted by Crippen LogP contribution is -2.28. The molecule has 118 valence electrons. The van der Waals surface area contributed by atoms with Gasteiger partial charge in [-0.1, -0.05) is 12.1 Å². The topological polar surface area (TPSA) is 41.9 Å². The molecule has 0 aliphatic heterocycles. The monoisotopic (exact) mass is 328 g/mol. The minimum Gasteiger partial charge on any atom is -0.358 e. The SMILES string of the molecule is CCn1cc(CNC(=S)Nc2ccccc2C(F)(F)F)cn1. The van der Waals surface area contributed by atoms with E-state index in [0.29, 0.717) is 6.54 Å². The molecule has 0 aliphatic rings. The van der Waals surface area contributed by atoms with E-state index >= 15 is 0 Å². The van der Waals surface area contributed by atoms with Gasteiger partial charge in [0.15, 0.2) is 5.11 Å². The number of alkyl halides is 3. The van der Waals surface area contributed by atoms with Gasteiger partial charge in [0.05, 0.1) is 17.4 Å². The minimum atomic E-state index is -4.43. The highest BCUT2D eigenvalue weighted by Gasteiger charge is 2.33. The highest BCUT2D eigenvalue weighted by molar-refractivity contribution is 7.80. The molecule has 0 radical (unpaired) electrons. The number of nitrogens with one attached hydrogen (secondary N) is 2. The van der Waals surface area contributed by atoms with Crippen molar-refractivity contribution >= 4 is 23.0 Å². The summed E-state index contributed by atoms with van der Waals surface area (Å²) in [6.07, 6.45) is -0.899. The highest BCUT2D eigenvalue weighted by atomic mass is 32.1. The first-order chi connectivity index (χ1) is 10.4. The Hall–Kier alpha value is -2.09. The molecule has 0 atom stereocenters. The molecule has 0 bridgehead atoms. The third-order valence-electron chi connectivity index (χ3n) is 2.94. The van der Waals surface area contributed by atoms with Crippen LogP contribution in [0.25, 0.3) is 0 Å². The molecule has 0 saturated carbocycles. The number of thiocarbonyl (C=S) groups is 1. The molecule has 0 amide bonds. The van der Waals surface area contributed by atoms with Crippen LogP contribution in [0, 0.1) is 0 Å². The summed E-state index contributed by atoms with van der Waals surface area (Å²) < 4.78 is 40.4. The number of anilines is 1. The third-order valence-corrected chi connectivity index (χ3v) is 3.19. The Balaban J connectivity index is 1.98. The van der Waals surface area contributed by atoms with Gasteiger partial charge in [0.2, 0.25) is 0 Å². The first-order valence-corrected chi connectivity index (χ1v) is 7.03. The van der Waals surface area contributed by atoms with Gasteiger partial charge >= 0.3 is 6.18 Å². The zero-order valence-electron chi connectivity index (χ0n) is 11.8. The lowest BCUT2D eigenvalue weighted by molar-refractivity contribution is -0.136. The van der Waals surface area contributed by atoms with E-state index in [1.807, 2.05) is 13.1 Å².